The summed E-state index contributed by atoms with van der Waals surface area (Å²) in [5.41, 5.74) is 2.87. The third kappa shape index (κ3) is 5.41. The van der Waals surface area contributed by atoms with Gasteiger partial charge in [-0.2, -0.15) is 0 Å². The van der Waals surface area contributed by atoms with Crippen LogP contribution in [-0.2, 0) is 16.0 Å². The Hall–Kier alpha value is -3.46. The molecule has 0 bridgehead atoms. The molecule has 2 amide bonds. The third-order valence-electron chi connectivity index (χ3n) is 4.85. The van der Waals surface area contributed by atoms with E-state index < -0.39 is 8.07 Å². The molecule has 0 saturated carbocycles. The molecule has 0 spiro atoms. The van der Waals surface area contributed by atoms with E-state index in [2.05, 4.69) is 40.5 Å². The zero-order chi connectivity index (χ0) is 23.5. The van der Waals surface area contributed by atoms with Gasteiger partial charge in [0.2, 0.25) is 23.6 Å². The van der Waals surface area contributed by atoms with E-state index in [1.165, 1.54) is 6.92 Å². The first-order valence-corrected chi connectivity index (χ1v) is 13.8. The summed E-state index contributed by atoms with van der Waals surface area (Å²) < 4.78 is 10.6. The number of hydrogen-bond acceptors (Lipinski definition) is 6. The second kappa shape index (κ2) is 9.35. The van der Waals surface area contributed by atoms with Crippen molar-refractivity contribution in [2.45, 2.75) is 39.9 Å². The van der Waals surface area contributed by atoms with Gasteiger partial charge in [0.1, 0.15) is 12.2 Å². The van der Waals surface area contributed by atoms with Crippen molar-refractivity contribution in [3.05, 3.63) is 48.2 Å². The number of anilines is 2. The lowest BCUT2D eigenvalue weighted by atomic mass is 10.0. The number of nitrogens with one attached hydrogen (secondary N) is 2. The summed E-state index contributed by atoms with van der Waals surface area (Å²) in [7, 11) is -0.219. The van der Waals surface area contributed by atoms with E-state index in [4.69, 9.17) is 9.15 Å². The van der Waals surface area contributed by atoms with E-state index in [-0.39, 0.29) is 24.1 Å². The van der Waals surface area contributed by atoms with Crippen LogP contribution in [0.4, 0.5) is 11.4 Å². The Bertz CT molecular complexity index is 1130. The van der Waals surface area contributed by atoms with Gasteiger partial charge in [-0.25, -0.2) is 0 Å². The predicted molar refractivity (Wildman–Crippen MR) is 127 cm³/mol. The normalized spacial score (nSPS) is 11.2. The van der Waals surface area contributed by atoms with Crippen molar-refractivity contribution in [3.63, 3.8) is 0 Å². The maximum absolute atomic E-state index is 12.9. The molecule has 0 radical (unpaired) electrons. The highest BCUT2D eigenvalue weighted by Crippen LogP contribution is 2.36. The second-order valence-electron chi connectivity index (χ2n) is 8.51. The molecule has 2 aromatic carbocycles. The predicted octanol–water partition coefficient (Wildman–Crippen LogP) is 3.74. The fourth-order valence-corrected chi connectivity index (χ4v) is 5.04. The smallest absolute Gasteiger partial charge is 0.233 e. The van der Waals surface area contributed by atoms with Crippen LogP contribution >= 0.6 is 0 Å². The van der Waals surface area contributed by atoms with Crippen molar-refractivity contribution < 1.29 is 18.7 Å². The third-order valence-corrected chi connectivity index (χ3v) is 6.88. The van der Waals surface area contributed by atoms with Gasteiger partial charge in [0.05, 0.1) is 26.6 Å². The van der Waals surface area contributed by atoms with E-state index in [0.29, 0.717) is 17.3 Å². The second-order valence-corrected chi connectivity index (χ2v) is 13.5. The average molecular weight is 453 g/mol. The SMILES string of the molecule is COc1ccc(-c2c([Si](C)(C)C)ccc(NC(C)=O)c2NC(=O)Cc2nnc(C)o2)cc1. The quantitative estimate of drug-likeness (QED) is 0.529. The minimum absolute atomic E-state index is 0.0699. The molecule has 8 nitrogen and oxygen atoms in total. The van der Waals surface area contributed by atoms with Gasteiger partial charge >= 0.3 is 0 Å². The molecule has 0 atom stereocenters. The molecular weight excluding hydrogens is 424 g/mol. The van der Waals surface area contributed by atoms with E-state index in [9.17, 15) is 9.59 Å². The van der Waals surface area contributed by atoms with Crippen LogP contribution < -0.4 is 20.6 Å². The topological polar surface area (TPSA) is 106 Å². The maximum Gasteiger partial charge on any atom is 0.233 e. The number of aromatic nitrogens is 2. The zero-order valence-electron chi connectivity index (χ0n) is 19.2. The average Bonchev–Trinajstić information content (AvgIpc) is 3.12. The molecule has 0 unspecified atom stereocenters. The van der Waals surface area contributed by atoms with Crippen molar-refractivity contribution in [2.24, 2.45) is 0 Å². The number of rotatable bonds is 7. The number of amides is 2. The van der Waals surface area contributed by atoms with E-state index in [1.54, 1.807) is 14.0 Å². The summed E-state index contributed by atoms with van der Waals surface area (Å²) in [6.07, 6.45) is -0.0699. The highest BCUT2D eigenvalue weighted by molar-refractivity contribution is 6.89. The lowest BCUT2D eigenvalue weighted by molar-refractivity contribution is -0.116. The van der Waals surface area contributed by atoms with Crippen LogP contribution in [0.25, 0.3) is 11.1 Å². The molecule has 0 aliphatic carbocycles. The van der Waals surface area contributed by atoms with Crippen molar-refractivity contribution in [2.75, 3.05) is 17.7 Å². The minimum Gasteiger partial charge on any atom is -0.497 e. The highest BCUT2D eigenvalue weighted by atomic mass is 28.3. The molecule has 1 heterocycles. The van der Waals surface area contributed by atoms with Gasteiger partial charge in [0, 0.05) is 19.4 Å². The van der Waals surface area contributed by atoms with Gasteiger partial charge in [-0.1, -0.05) is 43.0 Å². The Labute approximate surface area is 188 Å². The Morgan fingerprint density at radius 2 is 1.72 bits per heavy atom. The van der Waals surface area contributed by atoms with Crippen molar-refractivity contribution in [1.82, 2.24) is 10.2 Å². The first kappa shape index (κ1) is 23.2. The van der Waals surface area contributed by atoms with Gasteiger partial charge in [-0.05, 0) is 23.8 Å². The highest BCUT2D eigenvalue weighted by Gasteiger charge is 2.26. The number of ether oxygens (including phenoxy) is 1. The number of carbonyl (C=O) groups is 2. The molecule has 3 aromatic rings. The molecule has 3 rings (SSSR count). The number of aryl methyl sites for hydroxylation is 1. The van der Waals surface area contributed by atoms with Crippen LogP contribution in [0.1, 0.15) is 18.7 Å². The van der Waals surface area contributed by atoms with E-state index in [1.807, 2.05) is 36.4 Å². The molecule has 0 aliphatic heterocycles. The molecular formula is C23H28N4O4Si. The fraction of sp³-hybridized carbons (Fsp3) is 0.304. The lowest BCUT2D eigenvalue weighted by Gasteiger charge is -2.26. The van der Waals surface area contributed by atoms with Crippen molar-refractivity contribution >= 4 is 36.4 Å². The number of hydrogen-bond donors (Lipinski definition) is 2. The van der Waals surface area contributed by atoms with Crippen LogP contribution in [0, 0.1) is 6.92 Å². The summed E-state index contributed by atoms with van der Waals surface area (Å²) in [6.45, 7) is 9.82. The van der Waals surface area contributed by atoms with E-state index >= 15 is 0 Å². The zero-order valence-corrected chi connectivity index (χ0v) is 20.2. The van der Waals surface area contributed by atoms with Gasteiger partial charge in [-0.3, -0.25) is 9.59 Å². The lowest BCUT2D eigenvalue weighted by Crippen LogP contribution is -2.39. The largest absolute Gasteiger partial charge is 0.497 e. The number of carbonyl (C=O) groups excluding carboxylic acids is 2. The van der Waals surface area contributed by atoms with Gasteiger partial charge in [0.15, 0.2) is 0 Å². The van der Waals surface area contributed by atoms with E-state index in [0.717, 1.165) is 22.1 Å². The number of methoxy groups -OCH3 is 1. The first-order chi connectivity index (χ1) is 15.1. The fourth-order valence-electron chi connectivity index (χ4n) is 3.44. The number of benzene rings is 2. The summed E-state index contributed by atoms with van der Waals surface area (Å²) in [5.74, 6) is 0.815. The summed E-state index contributed by atoms with van der Waals surface area (Å²) in [5, 5.41) is 14.7. The molecule has 168 valence electrons. The Morgan fingerprint density at radius 3 is 2.25 bits per heavy atom. The molecule has 32 heavy (non-hydrogen) atoms. The van der Waals surface area contributed by atoms with Crippen molar-refractivity contribution in [1.29, 1.82) is 0 Å². The van der Waals surface area contributed by atoms with Gasteiger partial charge in [0.25, 0.3) is 0 Å². The van der Waals surface area contributed by atoms with Gasteiger partial charge in [-0.15, -0.1) is 10.2 Å². The Kier molecular flexibility index (Phi) is 6.78. The summed E-state index contributed by atoms with van der Waals surface area (Å²) in [4.78, 5) is 24.8. The summed E-state index contributed by atoms with van der Waals surface area (Å²) in [6, 6.07) is 11.5. The van der Waals surface area contributed by atoms with Crippen LogP contribution in [0.2, 0.25) is 19.6 Å². The monoisotopic (exact) mass is 452 g/mol. The summed E-state index contributed by atoms with van der Waals surface area (Å²) >= 11 is 0. The van der Waals surface area contributed by atoms with Gasteiger partial charge < -0.3 is 19.8 Å². The molecule has 9 heteroatoms. The first-order valence-electron chi connectivity index (χ1n) is 10.3. The van der Waals surface area contributed by atoms with Crippen LogP contribution in [0.3, 0.4) is 0 Å². The molecule has 0 saturated heterocycles. The maximum atomic E-state index is 12.9. The molecule has 0 fully saturated rings. The molecule has 0 aliphatic rings. The standard InChI is InChI=1S/C23H28N4O4Si/c1-14(28)24-18-11-12-19(32(4,5)6)22(16-7-9-17(30-3)10-8-16)23(18)25-20(29)13-21-27-26-15(2)31-21/h7-12H,13H2,1-6H3,(H,24,28)(H,25,29). The minimum atomic E-state index is -1.83. The van der Waals surface area contributed by atoms with Crippen LogP contribution in [0.5, 0.6) is 5.75 Å². The van der Waals surface area contributed by atoms with Crippen molar-refractivity contribution in [3.8, 4) is 16.9 Å². The van der Waals surface area contributed by atoms with Crippen LogP contribution in [0.15, 0.2) is 40.8 Å². The molecule has 1 aromatic heterocycles. The Morgan fingerprint density at radius 1 is 1.03 bits per heavy atom. The Balaban J connectivity index is 2.15. The molecule has 2 N–H and O–H groups in total. The van der Waals surface area contributed by atoms with Crippen LogP contribution in [-0.4, -0.2) is 37.2 Å². The number of nitrogens with zero attached hydrogens (tertiary/aromatic N) is 2.